The maximum atomic E-state index is 13.1. The van der Waals surface area contributed by atoms with Gasteiger partial charge in [-0.05, 0) is 173 Å². The number of amides is 2. The number of aromatic hydroxyl groups is 1. The molecule has 486 valence electrons. The first-order valence-corrected chi connectivity index (χ1v) is 32.6. The molecule has 18 nitrogen and oxygen atoms in total. The number of phenolic OH excluding ortho intramolecular Hbond substituents is 1. The average molecular weight is 1280 g/mol. The molecule has 3 saturated carbocycles. The van der Waals surface area contributed by atoms with Gasteiger partial charge in [-0.2, -0.15) is 13.2 Å². The van der Waals surface area contributed by atoms with Crippen molar-refractivity contribution in [3.8, 4) is 17.2 Å². The first kappa shape index (κ1) is 71.1. The van der Waals surface area contributed by atoms with E-state index >= 15 is 0 Å². The molecular formula is C66H82F3NO17S2. The highest BCUT2D eigenvalue weighted by molar-refractivity contribution is 7.97. The smallest absolute Gasteiger partial charge is 0.426 e. The lowest BCUT2D eigenvalue weighted by atomic mass is 9.78. The van der Waals surface area contributed by atoms with Crippen LogP contribution >= 0.6 is 0 Å². The van der Waals surface area contributed by atoms with Gasteiger partial charge in [0.25, 0.3) is 5.91 Å². The number of rotatable bonds is 18. The Balaban J connectivity index is 0.000000195. The van der Waals surface area contributed by atoms with Crippen LogP contribution in [0.2, 0.25) is 0 Å². The highest BCUT2D eigenvalue weighted by Gasteiger charge is 2.71. The number of likely N-dealkylation sites (N-methyl/N-ethyl adjacent to an activating group) is 1. The van der Waals surface area contributed by atoms with E-state index in [2.05, 4.69) is 60.2 Å². The van der Waals surface area contributed by atoms with Crippen molar-refractivity contribution < 1.29 is 93.2 Å². The van der Waals surface area contributed by atoms with Crippen molar-refractivity contribution in [2.45, 2.75) is 184 Å². The standard InChI is InChI=1S/C19H28O3.C18H23F3O9S.C18H14OS.C11H17NO4/c1-5-18(2,3)17(20)21-15-9-11-16(12-10-15)22-19(4)13-7-6-8-14-19;1-4-17(2,3)16(24)30-13-8-5-7-11(15(23)29-12(7)13)10(8)14(22)28-9(18(19,20)21)6-31(25,26)27;19-15-11-13-18(14-12-15)20(16-7-3-1-4-8-16)17-9-5-2-6-10-17;1-5-11(2,3)10(15)16-7-6-8(13)12(4)9(7)14/h9-12H,5-8,13-14H2,1-4H3;7-13H,4-6H2,1-3H3,(H,25,26,27);1-14H;7H,5-6H2,1-4H3. The molecule has 8 unspecified atom stereocenters. The largest absolute Gasteiger partial charge is 0.748 e. The predicted octanol–water partition coefficient (Wildman–Crippen LogP) is 11.5. The number of hydrogen-bond donors (Lipinski definition) is 1. The third kappa shape index (κ3) is 18.4. The SMILES string of the molecule is CCC(C)(C)C(=O)OC1C2CC3C1OC(=O)C3C2C(=O)OC(CS(=O)(=O)[O-])C(F)(F)F.CCC(C)(C)C(=O)OC1CC(=O)N(C)C1=O.CCC(C)(C)C(=O)Oc1ccc(OC2(C)CCCCC2)cc1.Oc1ccc([S+](c2ccccc2)c2ccccc2)cc1. The first-order chi connectivity index (χ1) is 41.5. The summed E-state index contributed by atoms with van der Waals surface area (Å²) in [5.74, 6) is -8.36. The molecule has 23 heteroatoms. The van der Waals surface area contributed by atoms with Crippen LogP contribution < -0.4 is 9.47 Å². The molecule has 0 spiro atoms. The van der Waals surface area contributed by atoms with Crippen LogP contribution in [-0.2, 0) is 73.5 Å². The van der Waals surface area contributed by atoms with Gasteiger partial charge in [-0.1, -0.05) is 63.6 Å². The quantitative estimate of drug-likeness (QED) is 0.0242. The average Bonchev–Trinajstić information content (AvgIpc) is 1.69. The molecule has 5 fully saturated rings. The van der Waals surface area contributed by atoms with Gasteiger partial charge in [0, 0.05) is 18.9 Å². The monoisotopic (exact) mass is 1280 g/mol. The maximum absolute atomic E-state index is 13.1. The number of phenols is 1. The molecule has 1 N–H and O–H groups in total. The number of alkyl halides is 3. The molecule has 2 heterocycles. The number of imide groups is 1. The van der Waals surface area contributed by atoms with Crippen LogP contribution in [0.5, 0.6) is 17.2 Å². The van der Waals surface area contributed by atoms with E-state index in [9.17, 15) is 64.8 Å². The predicted molar refractivity (Wildman–Crippen MR) is 321 cm³/mol. The van der Waals surface area contributed by atoms with Crippen molar-refractivity contribution in [2.24, 2.45) is 39.9 Å². The summed E-state index contributed by atoms with van der Waals surface area (Å²) in [5, 5.41) is 9.48. The van der Waals surface area contributed by atoms with Crippen LogP contribution in [0.15, 0.2) is 124 Å². The Kier molecular flexibility index (Phi) is 23.4. The number of fused-ring (bicyclic) bond motifs is 1. The Bertz CT molecular complexity index is 3190. The van der Waals surface area contributed by atoms with E-state index in [0.717, 1.165) is 29.9 Å². The van der Waals surface area contributed by atoms with Gasteiger partial charge >= 0.3 is 36.0 Å². The summed E-state index contributed by atoms with van der Waals surface area (Å²) >= 11 is 0. The van der Waals surface area contributed by atoms with E-state index in [1.165, 1.54) is 41.0 Å². The van der Waals surface area contributed by atoms with Gasteiger partial charge in [0.05, 0.1) is 61.3 Å². The minimum Gasteiger partial charge on any atom is -0.748 e. The third-order valence-corrected chi connectivity index (χ3v) is 20.2. The number of nitrogens with zero attached hydrogens (tertiary/aromatic N) is 1. The van der Waals surface area contributed by atoms with Gasteiger partial charge in [-0.15, -0.1) is 0 Å². The molecule has 0 aromatic heterocycles. The maximum Gasteiger partial charge on any atom is 0.426 e. The summed E-state index contributed by atoms with van der Waals surface area (Å²) in [4.78, 5) is 88.6. The molecule has 0 radical (unpaired) electrons. The molecule has 3 aliphatic carbocycles. The van der Waals surface area contributed by atoms with E-state index in [1.807, 2.05) is 76.2 Å². The lowest BCUT2D eigenvalue weighted by molar-refractivity contribution is -0.220. The van der Waals surface area contributed by atoms with Gasteiger partial charge in [0.2, 0.25) is 12.0 Å². The van der Waals surface area contributed by atoms with Crippen LogP contribution in [0.3, 0.4) is 0 Å². The Hall–Kier alpha value is -6.98. The molecule has 8 atom stereocenters. The summed E-state index contributed by atoms with van der Waals surface area (Å²) in [6.45, 7) is 18.4. The minimum absolute atomic E-state index is 0.0408. The minimum atomic E-state index is -5.36. The van der Waals surface area contributed by atoms with Crippen LogP contribution in [0.4, 0.5) is 13.2 Å². The number of halogens is 3. The molecule has 4 aromatic carbocycles. The summed E-state index contributed by atoms with van der Waals surface area (Å²) in [5.41, 5.74) is -2.00. The van der Waals surface area contributed by atoms with Gasteiger partial charge < -0.3 is 38.1 Å². The van der Waals surface area contributed by atoms with E-state index in [4.69, 9.17) is 23.7 Å². The molecule has 2 saturated heterocycles. The molecule has 89 heavy (non-hydrogen) atoms. The van der Waals surface area contributed by atoms with Crippen molar-refractivity contribution in [3.05, 3.63) is 109 Å². The Morgan fingerprint density at radius 2 is 1.19 bits per heavy atom. The topological polar surface area (TPSA) is 256 Å². The molecular weight excluding hydrogens is 1200 g/mol. The normalized spacial score (nSPS) is 22.2. The van der Waals surface area contributed by atoms with Gasteiger partial charge in [-0.25, -0.2) is 8.42 Å². The second-order valence-corrected chi connectivity index (χ2v) is 28.6. The Morgan fingerprint density at radius 3 is 1.66 bits per heavy atom. The Labute approximate surface area is 522 Å². The first-order valence-electron chi connectivity index (χ1n) is 29.8. The van der Waals surface area contributed by atoms with Crippen molar-refractivity contribution in [1.82, 2.24) is 4.90 Å². The highest BCUT2D eigenvalue weighted by atomic mass is 32.2. The molecule has 4 aromatic rings. The van der Waals surface area contributed by atoms with Crippen molar-refractivity contribution in [3.63, 3.8) is 0 Å². The Morgan fingerprint density at radius 1 is 0.708 bits per heavy atom. The molecule has 2 bridgehead atoms. The van der Waals surface area contributed by atoms with Gasteiger partial charge in [-0.3, -0.25) is 38.5 Å². The highest BCUT2D eigenvalue weighted by Crippen LogP contribution is 2.59. The number of benzene rings is 4. The fourth-order valence-corrected chi connectivity index (χ4v) is 13.2. The van der Waals surface area contributed by atoms with Gasteiger partial charge in [0.1, 0.15) is 35.1 Å². The van der Waals surface area contributed by atoms with Crippen molar-refractivity contribution in [2.75, 3.05) is 12.8 Å². The van der Waals surface area contributed by atoms with Gasteiger partial charge in [0.15, 0.2) is 20.8 Å². The molecule has 5 aliphatic rings. The zero-order valence-corrected chi connectivity index (χ0v) is 53.8. The van der Waals surface area contributed by atoms with Crippen molar-refractivity contribution in [1.29, 1.82) is 0 Å². The number of hydrogen-bond acceptors (Lipinski definition) is 17. The van der Waals surface area contributed by atoms with Crippen LogP contribution in [0.1, 0.15) is 133 Å². The van der Waals surface area contributed by atoms with Crippen LogP contribution in [-0.4, -0.2) is 114 Å². The lowest BCUT2D eigenvalue weighted by Gasteiger charge is -2.34. The second kappa shape index (κ2) is 29.3. The lowest BCUT2D eigenvalue weighted by Crippen LogP contribution is -2.47. The van der Waals surface area contributed by atoms with E-state index in [1.54, 1.807) is 46.8 Å². The van der Waals surface area contributed by atoms with E-state index < -0.39 is 116 Å². The summed E-state index contributed by atoms with van der Waals surface area (Å²) in [7, 11) is -4.10. The number of ether oxygens (including phenoxy) is 6. The number of likely N-dealkylation sites (tertiary alicyclic amines) is 1. The number of esters is 5. The number of carbonyl (C=O) groups excluding carboxylic acids is 7. The third-order valence-electron chi connectivity index (χ3n) is 17.3. The van der Waals surface area contributed by atoms with Crippen LogP contribution in [0.25, 0.3) is 0 Å². The zero-order valence-electron chi connectivity index (χ0n) is 52.2. The summed E-state index contributed by atoms with van der Waals surface area (Å²) < 4.78 is 104. The second-order valence-electron chi connectivity index (χ2n) is 25.1. The zero-order chi connectivity index (χ0) is 66.0. The van der Waals surface area contributed by atoms with E-state index in [-0.39, 0.29) is 41.2 Å². The van der Waals surface area contributed by atoms with Crippen molar-refractivity contribution >= 4 is 62.7 Å². The van der Waals surface area contributed by atoms with Crippen LogP contribution in [0, 0.1) is 39.9 Å². The summed E-state index contributed by atoms with van der Waals surface area (Å²) in [6, 6.07) is 35.9. The molecule has 2 amide bonds. The fourth-order valence-electron chi connectivity index (χ4n) is 10.5. The fraction of sp³-hybridized carbons (Fsp3) is 0.530. The van der Waals surface area contributed by atoms with E-state index in [0.29, 0.717) is 24.3 Å². The summed E-state index contributed by atoms with van der Waals surface area (Å²) in [6.07, 6.45) is -3.29. The number of carbonyl (C=O) groups is 7. The molecule has 2 aliphatic heterocycles. The molecule has 9 rings (SSSR count).